The summed E-state index contributed by atoms with van der Waals surface area (Å²) in [7, 11) is 0. The van der Waals surface area contributed by atoms with E-state index < -0.39 is 5.79 Å². The normalized spacial score (nSPS) is 36.6. The van der Waals surface area contributed by atoms with Gasteiger partial charge in [0.15, 0.2) is 5.79 Å². The molecule has 150 valence electrons. The third-order valence-electron chi connectivity index (χ3n) is 7.65. The summed E-state index contributed by atoms with van der Waals surface area (Å²) in [5.74, 6) is 1.07. The Morgan fingerprint density at radius 2 is 1.93 bits per heavy atom. The minimum Gasteiger partial charge on any atom is -0.363 e. The number of aliphatic imine (C=N–C) groups is 1. The van der Waals surface area contributed by atoms with Crippen LogP contribution in [0.3, 0.4) is 0 Å². The Bertz CT molecular complexity index is 858. The van der Waals surface area contributed by atoms with E-state index in [2.05, 4.69) is 19.2 Å². The number of benzene rings is 1. The average molecular weight is 384 g/mol. The van der Waals surface area contributed by atoms with Crippen molar-refractivity contribution in [2.75, 3.05) is 13.2 Å². The van der Waals surface area contributed by atoms with Crippen molar-refractivity contribution < 1.29 is 13.9 Å². The first kappa shape index (κ1) is 18.3. The zero-order valence-electron chi connectivity index (χ0n) is 16.9. The number of halogens is 1. The fourth-order valence-electron chi connectivity index (χ4n) is 6.19. The number of hydrogen-bond acceptors (Lipinski definition) is 4. The second kappa shape index (κ2) is 6.39. The van der Waals surface area contributed by atoms with Crippen molar-refractivity contribution in [1.82, 2.24) is 5.32 Å². The summed E-state index contributed by atoms with van der Waals surface area (Å²) in [6, 6.07) is 6.98. The lowest BCUT2D eigenvalue weighted by atomic mass is 9.54. The quantitative estimate of drug-likeness (QED) is 0.761. The van der Waals surface area contributed by atoms with Crippen LogP contribution in [0.2, 0.25) is 0 Å². The van der Waals surface area contributed by atoms with Gasteiger partial charge in [0.05, 0.1) is 30.8 Å². The van der Waals surface area contributed by atoms with Gasteiger partial charge in [-0.2, -0.15) is 0 Å². The molecule has 1 spiro atoms. The van der Waals surface area contributed by atoms with Gasteiger partial charge in [0.25, 0.3) is 0 Å². The Morgan fingerprint density at radius 3 is 2.68 bits per heavy atom. The first-order chi connectivity index (χ1) is 13.4. The number of nitrogens with zero attached hydrogens (tertiary/aromatic N) is 1. The number of hydrogen-bond donors (Lipinski definition) is 1. The molecule has 28 heavy (non-hydrogen) atoms. The molecule has 0 amide bonds. The van der Waals surface area contributed by atoms with E-state index in [0.717, 1.165) is 31.5 Å². The van der Waals surface area contributed by atoms with E-state index in [1.807, 2.05) is 19.1 Å². The van der Waals surface area contributed by atoms with Crippen LogP contribution >= 0.6 is 0 Å². The van der Waals surface area contributed by atoms with E-state index in [1.165, 1.54) is 11.3 Å². The lowest BCUT2D eigenvalue weighted by molar-refractivity contribution is -0.239. The molecule has 1 saturated carbocycles. The maximum Gasteiger partial charge on any atom is 0.171 e. The van der Waals surface area contributed by atoms with E-state index in [4.69, 9.17) is 14.5 Å². The van der Waals surface area contributed by atoms with Crippen LogP contribution in [0, 0.1) is 23.1 Å². The minimum atomic E-state index is -0.418. The highest BCUT2D eigenvalue weighted by molar-refractivity contribution is 5.83. The van der Waals surface area contributed by atoms with Gasteiger partial charge in [-0.25, -0.2) is 9.38 Å². The lowest BCUT2D eigenvalue weighted by Gasteiger charge is -2.55. The van der Waals surface area contributed by atoms with E-state index in [0.29, 0.717) is 30.6 Å². The Labute approximate surface area is 166 Å². The van der Waals surface area contributed by atoms with Crippen molar-refractivity contribution in [3.8, 4) is 0 Å². The standard InChI is InChI=1S/C23H29FN2O2/c1-14-18-9-8-17-20(16-6-4-5-7-19(16)24)25-15(2)26-21(17)22(18,3)10-11-23(14)27-12-13-28-23/h4-7,14,18,20H,8-13H2,1-3H3,(H,25,26)/t14-,18-,20?,22-/m1/s1. The van der Waals surface area contributed by atoms with Crippen LogP contribution in [-0.4, -0.2) is 24.8 Å². The number of ether oxygens (including phenoxy) is 2. The van der Waals surface area contributed by atoms with E-state index in [9.17, 15) is 4.39 Å². The summed E-state index contributed by atoms with van der Waals surface area (Å²) in [4.78, 5) is 5.00. The van der Waals surface area contributed by atoms with Gasteiger partial charge in [0.2, 0.25) is 0 Å². The Kier molecular flexibility index (Phi) is 4.18. The van der Waals surface area contributed by atoms with Crippen LogP contribution in [0.15, 0.2) is 40.5 Å². The molecular formula is C23H29FN2O2. The number of nitrogens with one attached hydrogen (secondary N) is 1. The topological polar surface area (TPSA) is 42.9 Å². The van der Waals surface area contributed by atoms with Crippen molar-refractivity contribution >= 4 is 5.84 Å². The molecule has 1 unspecified atom stereocenters. The van der Waals surface area contributed by atoms with Gasteiger partial charge in [-0.1, -0.05) is 32.0 Å². The monoisotopic (exact) mass is 384 g/mol. The molecule has 0 radical (unpaired) electrons. The molecule has 1 N–H and O–H groups in total. The number of rotatable bonds is 1. The van der Waals surface area contributed by atoms with Gasteiger partial charge in [-0.15, -0.1) is 0 Å². The summed E-state index contributed by atoms with van der Waals surface area (Å²) < 4.78 is 26.8. The smallest absolute Gasteiger partial charge is 0.171 e. The summed E-state index contributed by atoms with van der Waals surface area (Å²) in [6.07, 6.45) is 3.87. The van der Waals surface area contributed by atoms with Crippen molar-refractivity contribution in [1.29, 1.82) is 0 Å². The minimum absolute atomic E-state index is 0.0274. The lowest BCUT2D eigenvalue weighted by Crippen LogP contribution is -2.54. The largest absolute Gasteiger partial charge is 0.363 e. The first-order valence-electron chi connectivity index (χ1n) is 10.5. The molecular weight excluding hydrogens is 355 g/mol. The molecule has 0 bridgehead atoms. The molecule has 4 atom stereocenters. The van der Waals surface area contributed by atoms with Crippen molar-refractivity contribution in [2.45, 2.75) is 58.3 Å². The highest BCUT2D eigenvalue weighted by atomic mass is 19.1. The molecule has 1 aromatic rings. The van der Waals surface area contributed by atoms with Gasteiger partial charge in [0, 0.05) is 23.3 Å². The summed E-state index contributed by atoms with van der Waals surface area (Å²) in [5.41, 5.74) is 3.12. The predicted molar refractivity (Wildman–Crippen MR) is 106 cm³/mol. The SMILES string of the molecule is CC1=NC2=C(CC[C@@H]3[C@@H](C)C4(CC[C@@]23C)OCCO4)C(c2ccccc2F)N1. The fraction of sp³-hybridized carbons (Fsp3) is 0.609. The molecule has 4 aliphatic rings. The second-order valence-corrected chi connectivity index (χ2v) is 9.03. The maximum atomic E-state index is 14.6. The van der Waals surface area contributed by atoms with Gasteiger partial charge in [0.1, 0.15) is 5.82 Å². The zero-order valence-corrected chi connectivity index (χ0v) is 16.9. The van der Waals surface area contributed by atoms with Crippen LogP contribution < -0.4 is 5.32 Å². The average Bonchev–Trinajstić information content (AvgIpc) is 3.16. The molecule has 1 saturated heterocycles. The van der Waals surface area contributed by atoms with Crippen LogP contribution in [0.25, 0.3) is 0 Å². The van der Waals surface area contributed by atoms with Gasteiger partial charge in [-0.3, -0.25) is 0 Å². The molecule has 5 heteroatoms. The van der Waals surface area contributed by atoms with Gasteiger partial charge < -0.3 is 14.8 Å². The number of allylic oxidation sites excluding steroid dienone is 1. The van der Waals surface area contributed by atoms with Gasteiger partial charge >= 0.3 is 0 Å². The Balaban J connectivity index is 1.57. The molecule has 4 nitrogen and oxygen atoms in total. The van der Waals surface area contributed by atoms with Gasteiger partial charge in [-0.05, 0) is 43.7 Å². The van der Waals surface area contributed by atoms with Crippen LogP contribution in [-0.2, 0) is 9.47 Å². The van der Waals surface area contributed by atoms with Crippen molar-refractivity contribution in [3.05, 3.63) is 46.9 Å². The molecule has 1 aromatic carbocycles. The van der Waals surface area contributed by atoms with E-state index in [1.54, 1.807) is 12.1 Å². The Morgan fingerprint density at radius 1 is 1.18 bits per heavy atom. The molecule has 2 fully saturated rings. The highest BCUT2D eigenvalue weighted by Gasteiger charge is 2.58. The Hall–Kier alpha value is -1.72. The molecule has 2 aliphatic heterocycles. The predicted octanol–water partition coefficient (Wildman–Crippen LogP) is 4.73. The van der Waals surface area contributed by atoms with E-state index >= 15 is 0 Å². The maximum absolute atomic E-state index is 14.6. The third kappa shape index (κ3) is 2.52. The third-order valence-corrected chi connectivity index (χ3v) is 7.65. The molecule has 5 rings (SSSR count). The van der Waals surface area contributed by atoms with Crippen LogP contribution in [0.4, 0.5) is 4.39 Å². The fourth-order valence-corrected chi connectivity index (χ4v) is 6.19. The number of amidine groups is 1. The summed E-state index contributed by atoms with van der Waals surface area (Å²) >= 11 is 0. The molecule has 2 heterocycles. The van der Waals surface area contributed by atoms with Crippen molar-refractivity contribution in [2.24, 2.45) is 22.2 Å². The zero-order chi connectivity index (χ0) is 19.5. The van der Waals surface area contributed by atoms with Crippen LogP contribution in [0.5, 0.6) is 0 Å². The summed E-state index contributed by atoms with van der Waals surface area (Å²) in [5, 5.41) is 3.45. The molecule has 0 aromatic heterocycles. The molecule has 2 aliphatic carbocycles. The summed E-state index contributed by atoms with van der Waals surface area (Å²) in [6.45, 7) is 8.01. The highest BCUT2D eigenvalue weighted by Crippen LogP contribution is 2.61. The first-order valence-corrected chi connectivity index (χ1v) is 10.5. The van der Waals surface area contributed by atoms with Crippen LogP contribution in [0.1, 0.15) is 58.1 Å². The number of fused-ring (bicyclic) bond motifs is 2. The second-order valence-electron chi connectivity index (χ2n) is 9.03. The van der Waals surface area contributed by atoms with E-state index in [-0.39, 0.29) is 17.3 Å². The van der Waals surface area contributed by atoms with Crippen molar-refractivity contribution in [3.63, 3.8) is 0 Å².